The van der Waals surface area contributed by atoms with Crippen LogP contribution in [0.1, 0.15) is 232 Å². The van der Waals surface area contributed by atoms with Crippen LogP contribution in [0.3, 0.4) is 0 Å². The SMILES string of the molecule is CCCCC/C=C\C/C=C\CCCCCCCCCCCC(=O)OC(COCCCCCCCCCCCC/C=C\CCCCCCCC)COP(=O)(O)OCC(O)CO. The van der Waals surface area contributed by atoms with Crippen LogP contribution < -0.4 is 0 Å². The number of unbranched alkanes of at least 4 members (excludes halogenated alkanes) is 28. The number of esters is 1. The van der Waals surface area contributed by atoms with Gasteiger partial charge in [-0.05, 0) is 70.6 Å². The third-order valence-corrected chi connectivity index (χ3v) is 11.7. The summed E-state index contributed by atoms with van der Waals surface area (Å²) in [4.78, 5) is 22.7. The molecule has 0 saturated carbocycles. The maximum atomic E-state index is 12.7. The molecule has 3 atom stereocenters. The van der Waals surface area contributed by atoms with E-state index < -0.39 is 33.2 Å². The van der Waals surface area contributed by atoms with Gasteiger partial charge in [0.25, 0.3) is 0 Å². The molecule has 0 aliphatic rings. The molecule has 0 aliphatic carbocycles. The van der Waals surface area contributed by atoms with Gasteiger partial charge in [-0.1, -0.05) is 192 Å². The summed E-state index contributed by atoms with van der Waals surface area (Å²) < 4.78 is 33.5. The van der Waals surface area contributed by atoms with Crippen molar-refractivity contribution < 1.29 is 43.0 Å². The second-order valence-electron chi connectivity index (χ2n) is 16.8. The highest BCUT2D eigenvalue weighted by Gasteiger charge is 2.26. The maximum absolute atomic E-state index is 12.7. The highest BCUT2D eigenvalue weighted by molar-refractivity contribution is 7.47. The number of phosphoric acid groups is 1. The van der Waals surface area contributed by atoms with E-state index >= 15 is 0 Å². The van der Waals surface area contributed by atoms with Gasteiger partial charge in [-0.25, -0.2) is 4.57 Å². The molecule has 9 nitrogen and oxygen atoms in total. The van der Waals surface area contributed by atoms with Crippen molar-refractivity contribution in [3.8, 4) is 0 Å². The molecular weight excluding hydrogens is 776 g/mol. The minimum Gasteiger partial charge on any atom is -0.457 e. The van der Waals surface area contributed by atoms with Gasteiger partial charge < -0.3 is 24.6 Å². The van der Waals surface area contributed by atoms with Crippen LogP contribution in [-0.4, -0.2) is 66.3 Å². The van der Waals surface area contributed by atoms with Crippen LogP contribution in [-0.2, 0) is 27.9 Å². The van der Waals surface area contributed by atoms with Crippen LogP contribution in [0.2, 0.25) is 0 Å². The van der Waals surface area contributed by atoms with Crippen molar-refractivity contribution in [1.82, 2.24) is 0 Å². The molecular formula is C50H95O9P. The normalized spacial score (nSPS) is 14.2. The predicted octanol–water partition coefficient (Wildman–Crippen LogP) is 14.4. The average molecular weight is 871 g/mol. The second kappa shape index (κ2) is 47.2. The Balaban J connectivity index is 4.09. The zero-order chi connectivity index (χ0) is 43.9. The lowest BCUT2D eigenvalue weighted by molar-refractivity contribution is -0.154. The van der Waals surface area contributed by atoms with Crippen molar-refractivity contribution in [2.75, 3.05) is 33.0 Å². The Labute approximate surface area is 369 Å². The molecule has 0 radical (unpaired) electrons. The van der Waals surface area contributed by atoms with Crippen molar-refractivity contribution in [3.63, 3.8) is 0 Å². The van der Waals surface area contributed by atoms with Gasteiger partial charge in [0.2, 0.25) is 0 Å². The molecule has 60 heavy (non-hydrogen) atoms. The number of rotatable bonds is 48. The monoisotopic (exact) mass is 871 g/mol. The molecule has 0 heterocycles. The van der Waals surface area contributed by atoms with E-state index in [4.69, 9.17) is 23.6 Å². The van der Waals surface area contributed by atoms with Crippen LogP contribution in [0.4, 0.5) is 0 Å². The predicted molar refractivity (Wildman–Crippen MR) is 251 cm³/mol. The van der Waals surface area contributed by atoms with Crippen molar-refractivity contribution >= 4 is 13.8 Å². The summed E-state index contributed by atoms with van der Waals surface area (Å²) in [5, 5.41) is 18.4. The first kappa shape index (κ1) is 58.7. The van der Waals surface area contributed by atoms with Crippen molar-refractivity contribution in [2.24, 2.45) is 0 Å². The summed E-state index contributed by atoms with van der Waals surface area (Å²) in [6.07, 6.45) is 52.4. The largest absolute Gasteiger partial charge is 0.472 e. The molecule has 0 spiro atoms. The molecule has 0 aromatic carbocycles. The van der Waals surface area contributed by atoms with Crippen LogP contribution in [0, 0.1) is 0 Å². The maximum Gasteiger partial charge on any atom is 0.472 e. The Morgan fingerprint density at radius 1 is 0.517 bits per heavy atom. The van der Waals surface area contributed by atoms with E-state index in [-0.39, 0.29) is 25.6 Å². The Bertz CT molecular complexity index is 1030. The van der Waals surface area contributed by atoms with E-state index in [0.29, 0.717) is 6.61 Å². The summed E-state index contributed by atoms with van der Waals surface area (Å²) in [7, 11) is -4.52. The Kier molecular flexibility index (Phi) is 46.1. The lowest BCUT2D eigenvalue weighted by Gasteiger charge is -2.20. The van der Waals surface area contributed by atoms with E-state index in [0.717, 1.165) is 51.4 Å². The van der Waals surface area contributed by atoms with E-state index in [1.54, 1.807) is 0 Å². The number of aliphatic hydroxyl groups is 2. The molecule has 0 amide bonds. The standard InChI is InChI=1S/C50H95O9P/c1-3-5-7-9-11-13-15-17-19-21-23-25-27-29-31-33-35-37-39-41-43-56-46-49(47-58-60(54,55)57-45-48(52)44-51)59-50(53)42-40-38-36-34-32-30-28-26-24-22-20-18-16-14-12-10-8-6-4-2/h12,14,17-20,48-49,51-52H,3-11,13,15-16,21-47H2,1-2H3,(H,54,55)/b14-12-,19-17-,20-18-. The molecule has 0 rings (SSSR count). The number of aliphatic hydroxyl groups excluding tert-OH is 2. The quantitative estimate of drug-likeness (QED) is 0.0237. The van der Waals surface area contributed by atoms with Gasteiger partial charge in [0.05, 0.1) is 26.4 Å². The minimum atomic E-state index is -4.52. The summed E-state index contributed by atoms with van der Waals surface area (Å²) >= 11 is 0. The molecule has 0 fully saturated rings. The van der Waals surface area contributed by atoms with Crippen LogP contribution in [0.15, 0.2) is 36.5 Å². The first-order valence-corrected chi connectivity index (χ1v) is 26.5. The molecule has 0 aliphatic heterocycles. The van der Waals surface area contributed by atoms with Crippen molar-refractivity contribution in [2.45, 2.75) is 244 Å². The number of ether oxygens (including phenoxy) is 2. The van der Waals surface area contributed by atoms with Crippen LogP contribution in [0.25, 0.3) is 0 Å². The first-order valence-electron chi connectivity index (χ1n) is 25.0. The zero-order valence-electron chi connectivity index (χ0n) is 38.9. The van der Waals surface area contributed by atoms with E-state index in [1.165, 1.54) is 161 Å². The van der Waals surface area contributed by atoms with Crippen molar-refractivity contribution in [1.29, 1.82) is 0 Å². The van der Waals surface area contributed by atoms with Gasteiger partial charge in [-0.2, -0.15) is 0 Å². The van der Waals surface area contributed by atoms with Gasteiger partial charge in [0.15, 0.2) is 0 Å². The summed E-state index contributed by atoms with van der Waals surface area (Å²) in [5.74, 6) is -0.385. The van der Waals surface area contributed by atoms with Crippen LogP contribution >= 0.6 is 7.82 Å². The summed E-state index contributed by atoms with van der Waals surface area (Å²) in [6.45, 7) is 3.52. The summed E-state index contributed by atoms with van der Waals surface area (Å²) in [6, 6.07) is 0. The number of allylic oxidation sites excluding steroid dienone is 6. The number of hydrogen-bond acceptors (Lipinski definition) is 8. The lowest BCUT2D eigenvalue weighted by atomic mass is 10.1. The van der Waals surface area contributed by atoms with Gasteiger partial charge in [-0.15, -0.1) is 0 Å². The zero-order valence-corrected chi connectivity index (χ0v) is 39.8. The smallest absolute Gasteiger partial charge is 0.457 e. The fourth-order valence-corrected chi connectivity index (χ4v) is 7.76. The number of carbonyl (C=O) groups is 1. The van der Waals surface area contributed by atoms with Gasteiger partial charge in [-0.3, -0.25) is 13.8 Å². The highest BCUT2D eigenvalue weighted by atomic mass is 31.2. The third-order valence-electron chi connectivity index (χ3n) is 10.8. The topological polar surface area (TPSA) is 132 Å². The Morgan fingerprint density at radius 3 is 1.38 bits per heavy atom. The molecule has 354 valence electrons. The molecule has 3 unspecified atom stereocenters. The van der Waals surface area contributed by atoms with Crippen molar-refractivity contribution in [3.05, 3.63) is 36.5 Å². The van der Waals surface area contributed by atoms with E-state index in [9.17, 15) is 19.4 Å². The fraction of sp³-hybridized carbons (Fsp3) is 0.860. The number of carbonyl (C=O) groups excluding carboxylic acids is 1. The number of hydrogen-bond donors (Lipinski definition) is 3. The van der Waals surface area contributed by atoms with E-state index in [1.807, 2.05) is 0 Å². The second-order valence-corrected chi connectivity index (χ2v) is 18.3. The van der Waals surface area contributed by atoms with Gasteiger partial charge in [0, 0.05) is 13.0 Å². The molecule has 0 bridgehead atoms. The molecule has 0 saturated heterocycles. The number of phosphoric ester groups is 1. The van der Waals surface area contributed by atoms with Gasteiger partial charge in [0.1, 0.15) is 12.2 Å². The third kappa shape index (κ3) is 46.2. The minimum absolute atomic E-state index is 0.0484. The molecule has 0 aromatic heterocycles. The highest BCUT2D eigenvalue weighted by Crippen LogP contribution is 2.43. The van der Waals surface area contributed by atoms with E-state index in [2.05, 4.69) is 50.3 Å². The lowest BCUT2D eigenvalue weighted by Crippen LogP contribution is -2.29. The molecule has 0 aromatic rings. The average Bonchev–Trinajstić information content (AvgIpc) is 3.24. The Hall–Kier alpha value is -1.32. The van der Waals surface area contributed by atoms with Gasteiger partial charge >= 0.3 is 13.8 Å². The molecule has 3 N–H and O–H groups in total. The first-order chi connectivity index (χ1) is 29.3. The molecule has 10 heteroatoms. The fourth-order valence-electron chi connectivity index (χ4n) is 6.97. The summed E-state index contributed by atoms with van der Waals surface area (Å²) in [5.41, 5.74) is 0. The van der Waals surface area contributed by atoms with Crippen LogP contribution in [0.5, 0.6) is 0 Å². The Morgan fingerprint density at radius 2 is 0.900 bits per heavy atom.